The number of ether oxygens (including phenoxy) is 1. The predicted molar refractivity (Wildman–Crippen MR) is 182 cm³/mol. The lowest BCUT2D eigenvalue weighted by molar-refractivity contribution is 0.489. The summed E-state index contributed by atoms with van der Waals surface area (Å²) in [6, 6.07) is 53.0. The van der Waals surface area contributed by atoms with Crippen LogP contribution in [-0.4, -0.2) is 0 Å². The van der Waals surface area contributed by atoms with Gasteiger partial charge in [0.25, 0.3) is 0 Å². The standard InChI is InChI=1S/C42H24O/c1-2-14-33-31(12-1)34-15-7-16-35-32-13-3-4-17-37(32)43-42(41(34)35)40(33)29-11-6-10-28(24-29)30-22-20-27-19-18-25-8-5-9-26-21-23-36(30)39(27)38(25)26/h1-24H. The van der Waals surface area contributed by atoms with E-state index >= 15 is 0 Å². The summed E-state index contributed by atoms with van der Waals surface area (Å²) in [4.78, 5) is 0. The molecule has 0 atom stereocenters. The van der Waals surface area contributed by atoms with Crippen LogP contribution in [-0.2, 0) is 0 Å². The van der Waals surface area contributed by atoms with Crippen LogP contribution in [0, 0.1) is 0 Å². The van der Waals surface area contributed by atoms with Crippen LogP contribution in [0.4, 0.5) is 0 Å². The molecule has 0 spiro atoms. The third kappa shape index (κ3) is 3.11. The fraction of sp³-hybridized carbons (Fsp3) is 0. The number of hydrogen-bond donors (Lipinski definition) is 0. The van der Waals surface area contributed by atoms with Crippen LogP contribution in [0.2, 0.25) is 0 Å². The summed E-state index contributed by atoms with van der Waals surface area (Å²) < 4.78 is 6.84. The minimum absolute atomic E-state index is 0.905. The zero-order valence-electron chi connectivity index (χ0n) is 23.3. The van der Waals surface area contributed by atoms with Crippen molar-refractivity contribution in [1.82, 2.24) is 0 Å². The molecule has 0 unspecified atom stereocenters. The molecule has 9 aromatic rings. The molecular formula is C42H24O. The smallest absolute Gasteiger partial charge is 0.144 e. The highest BCUT2D eigenvalue weighted by atomic mass is 16.5. The van der Waals surface area contributed by atoms with Gasteiger partial charge in [-0.3, -0.25) is 0 Å². The van der Waals surface area contributed by atoms with Crippen molar-refractivity contribution in [2.45, 2.75) is 0 Å². The van der Waals surface area contributed by atoms with E-state index in [-0.39, 0.29) is 0 Å². The molecule has 0 amide bonds. The minimum atomic E-state index is 0.905. The highest BCUT2D eigenvalue weighted by Crippen LogP contribution is 2.53. The van der Waals surface area contributed by atoms with Crippen molar-refractivity contribution in [2.24, 2.45) is 0 Å². The highest BCUT2D eigenvalue weighted by molar-refractivity contribution is 6.26. The highest BCUT2D eigenvalue weighted by Gasteiger charge is 2.26. The van der Waals surface area contributed by atoms with Crippen molar-refractivity contribution in [2.75, 3.05) is 0 Å². The van der Waals surface area contributed by atoms with E-state index in [9.17, 15) is 0 Å². The first-order chi connectivity index (χ1) is 21.3. The van der Waals surface area contributed by atoms with Crippen molar-refractivity contribution in [1.29, 1.82) is 0 Å². The molecule has 198 valence electrons. The Bertz CT molecular complexity index is 2570. The molecule has 43 heavy (non-hydrogen) atoms. The van der Waals surface area contributed by atoms with Crippen molar-refractivity contribution < 1.29 is 4.74 Å². The Labute approximate surface area is 248 Å². The van der Waals surface area contributed by atoms with Gasteiger partial charge in [0.05, 0.1) is 0 Å². The summed E-state index contributed by atoms with van der Waals surface area (Å²) in [5.74, 6) is 1.84. The molecule has 9 aromatic carbocycles. The fourth-order valence-corrected chi connectivity index (χ4v) is 7.54. The van der Waals surface area contributed by atoms with E-state index in [4.69, 9.17) is 4.74 Å². The fourth-order valence-electron chi connectivity index (χ4n) is 7.54. The third-order valence-corrected chi connectivity index (χ3v) is 9.39. The first-order valence-electron chi connectivity index (χ1n) is 14.9. The zero-order valence-corrected chi connectivity index (χ0v) is 23.3. The van der Waals surface area contributed by atoms with E-state index in [2.05, 4.69) is 146 Å². The summed E-state index contributed by atoms with van der Waals surface area (Å²) in [7, 11) is 0. The summed E-state index contributed by atoms with van der Waals surface area (Å²) >= 11 is 0. The quantitative estimate of drug-likeness (QED) is 0.197. The van der Waals surface area contributed by atoms with Crippen molar-refractivity contribution in [3.63, 3.8) is 0 Å². The first-order valence-corrected chi connectivity index (χ1v) is 14.9. The molecule has 0 saturated heterocycles. The molecular weight excluding hydrogens is 520 g/mol. The molecule has 1 heteroatoms. The zero-order chi connectivity index (χ0) is 28.1. The normalized spacial score (nSPS) is 12.4. The maximum absolute atomic E-state index is 6.84. The maximum atomic E-state index is 6.84. The van der Waals surface area contributed by atoms with Gasteiger partial charge in [0.1, 0.15) is 11.5 Å². The van der Waals surface area contributed by atoms with Crippen LogP contribution in [0.3, 0.4) is 0 Å². The number of benzene rings is 9. The lowest BCUT2D eigenvalue weighted by Crippen LogP contribution is -2.00. The Kier molecular flexibility index (Phi) is 4.51. The third-order valence-electron chi connectivity index (χ3n) is 9.39. The van der Waals surface area contributed by atoms with Crippen LogP contribution < -0.4 is 4.74 Å². The molecule has 0 bridgehead atoms. The van der Waals surface area contributed by atoms with Gasteiger partial charge >= 0.3 is 0 Å². The van der Waals surface area contributed by atoms with Crippen LogP contribution in [0.5, 0.6) is 11.5 Å². The Balaban J connectivity index is 1.27. The van der Waals surface area contributed by atoms with E-state index in [0.29, 0.717) is 0 Å². The molecule has 1 nitrogen and oxygen atoms in total. The Hall–Kier alpha value is -5.66. The van der Waals surface area contributed by atoms with Crippen LogP contribution in [0.15, 0.2) is 146 Å². The lowest BCUT2D eigenvalue weighted by atomic mass is 9.85. The molecule has 1 heterocycles. The molecule has 1 aliphatic heterocycles. The van der Waals surface area contributed by atoms with E-state index < -0.39 is 0 Å². The van der Waals surface area contributed by atoms with Gasteiger partial charge in [-0.15, -0.1) is 0 Å². The first kappa shape index (κ1) is 23.0. The predicted octanol–water partition coefficient (Wildman–Crippen LogP) is 12.0. The van der Waals surface area contributed by atoms with Gasteiger partial charge in [-0.1, -0.05) is 133 Å². The second-order valence-corrected chi connectivity index (χ2v) is 11.6. The molecule has 0 radical (unpaired) electrons. The number of hydrogen-bond acceptors (Lipinski definition) is 1. The summed E-state index contributed by atoms with van der Waals surface area (Å²) in [5, 5.41) is 12.7. The van der Waals surface area contributed by atoms with E-state index in [0.717, 1.165) is 28.2 Å². The van der Waals surface area contributed by atoms with Crippen molar-refractivity contribution in [3.05, 3.63) is 146 Å². The van der Waals surface area contributed by atoms with Gasteiger partial charge < -0.3 is 4.74 Å². The minimum Gasteiger partial charge on any atom is -0.455 e. The molecule has 0 N–H and O–H groups in total. The SMILES string of the molecule is c1cc(-c2c3c4c(cccc4c4ccccc24)-c2ccccc2O3)cc(-c2ccc3ccc4cccc5ccc2c3c45)c1. The Morgan fingerprint density at radius 1 is 0.349 bits per heavy atom. The monoisotopic (exact) mass is 544 g/mol. The Morgan fingerprint density at radius 2 is 1.00 bits per heavy atom. The van der Waals surface area contributed by atoms with E-state index in [1.807, 2.05) is 0 Å². The summed E-state index contributed by atoms with van der Waals surface area (Å²) in [6.07, 6.45) is 0. The number of rotatable bonds is 2. The summed E-state index contributed by atoms with van der Waals surface area (Å²) in [5.41, 5.74) is 7.12. The van der Waals surface area contributed by atoms with Gasteiger partial charge in [0, 0.05) is 16.5 Å². The maximum Gasteiger partial charge on any atom is 0.144 e. The van der Waals surface area contributed by atoms with E-state index in [1.165, 1.54) is 70.6 Å². The average Bonchev–Trinajstić information content (AvgIpc) is 3.07. The molecule has 0 fully saturated rings. The molecule has 0 aromatic heterocycles. The van der Waals surface area contributed by atoms with Crippen LogP contribution in [0.25, 0.3) is 87.2 Å². The topological polar surface area (TPSA) is 9.23 Å². The van der Waals surface area contributed by atoms with Gasteiger partial charge in [0.15, 0.2) is 0 Å². The van der Waals surface area contributed by atoms with Gasteiger partial charge in [0.2, 0.25) is 0 Å². The van der Waals surface area contributed by atoms with Gasteiger partial charge in [-0.2, -0.15) is 0 Å². The number of fused-ring (bicyclic) bond motifs is 4. The lowest BCUT2D eigenvalue weighted by Gasteiger charge is -2.25. The average molecular weight is 545 g/mol. The second-order valence-electron chi connectivity index (χ2n) is 11.6. The van der Waals surface area contributed by atoms with Gasteiger partial charge in [-0.25, -0.2) is 0 Å². The van der Waals surface area contributed by atoms with Crippen LogP contribution in [0.1, 0.15) is 0 Å². The Morgan fingerprint density at radius 3 is 1.91 bits per heavy atom. The number of para-hydroxylation sites is 1. The summed E-state index contributed by atoms with van der Waals surface area (Å²) in [6.45, 7) is 0. The van der Waals surface area contributed by atoms with Crippen LogP contribution >= 0.6 is 0 Å². The molecule has 1 aliphatic rings. The van der Waals surface area contributed by atoms with Crippen molar-refractivity contribution in [3.8, 4) is 44.9 Å². The molecule has 0 saturated carbocycles. The molecule has 0 aliphatic carbocycles. The van der Waals surface area contributed by atoms with E-state index in [1.54, 1.807) is 0 Å². The van der Waals surface area contributed by atoms with Crippen molar-refractivity contribution >= 4 is 53.9 Å². The van der Waals surface area contributed by atoms with Gasteiger partial charge in [-0.05, 0) is 82.9 Å². The molecule has 10 rings (SSSR count). The largest absolute Gasteiger partial charge is 0.455 e. The second kappa shape index (κ2) is 8.44.